The monoisotopic (exact) mass is 223 g/mol. The summed E-state index contributed by atoms with van der Waals surface area (Å²) in [5, 5.41) is 0. The zero-order chi connectivity index (χ0) is 12.0. The van der Waals surface area contributed by atoms with Crippen LogP contribution in [0.3, 0.4) is 0 Å². The van der Waals surface area contributed by atoms with Crippen LogP contribution in [0.2, 0.25) is 0 Å². The van der Waals surface area contributed by atoms with Crippen molar-refractivity contribution in [3.8, 4) is 5.75 Å². The van der Waals surface area contributed by atoms with Gasteiger partial charge in [-0.05, 0) is 37.1 Å². The summed E-state index contributed by atoms with van der Waals surface area (Å²) in [5.74, 6) is 0.594. The SMILES string of the molecule is COC(=O)CCCOc1ccc(N)cc1C. The first kappa shape index (κ1) is 12.4. The number of carbonyl (C=O) groups is 1. The van der Waals surface area contributed by atoms with Crippen molar-refractivity contribution >= 4 is 11.7 Å². The van der Waals surface area contributed by atoms with Crippen molar-refractivity contribution in [2.24, 2.45) is 0 Å². The Bertz CT molecular complexity index is 363. The van der Waals surface area contributed by atoms with E-state index >= 15 is 0 Å². The molecule has 88 valence electrons. The molecule has 0 aromatic heterocycles. The highest BCUT2D eigenvalue weighted by molar-refractivity contribution is 5.69. The summed E-state index contributed by atoms with van der Waals surface area (Å²) in [6.45, 7) is 2.44. The summed E-state index contributed by atoms with van der Waals surface area (Å²) in [6.07, 6.45) is 1.03. The Kier molecular flexibility index (Phi) is 4.64. The molecule has 0 saturated carbocycles. The molecule has 0 amide bonds. The molecule has 16 heavy (non-hydrogen) atoms. The molecule has 0 saturated heterocycles. The molecule has 0 spiro atoms. The highest BCUT2D eigenvalue weighted by atomic mass is 16.5. The first-order chi connectivity index (χ1) is 7.63. The molecular formula is C12H17NO3. The van der Waals surface area contributed by atoms with Crippen LogP contribution < -0.4 is 10.5 Å². The number of hydrogen-bond acceptors (Lipinski definition) is 4. The smallest absolute Gasteiger partial charge is 0.305 e. The van der Waals surface area contributed by atoms with Crippen LogP contribution in [0.25, 0.3) is 0 Å². The molecule has 4 nitrogen and oxygen atoms in total. The summed E-state index contributed by atoms with van der Waals surface area (Å²) < 4.78 is 10.1. The Morgan fingerprint density at radius 1 is 1.44 bits per heavy atom. The minimum atomic E-state index is -0.211. The van der Waals surface area contributed by atoms with E-state index in [0.717, 1.165) is 17.0 Å². The maximum absolute atomic E-state index is 10.8. The summed E-state index contributed by atoms with van der Waals surface area (Å²) >= 11 is 0. The molecule has 0 radical (unpaired) electrons. The zero-order valence-electron chi connectivity index (χ0n) is 9.66. The first-order valence-electron chi connectivity index (χ1n) is 5.19. The highest BCUT2D eigenvalue weighted by Crippen LogP contribution is 2.20. The van der Waals surface area contributed by atoms with Crippen LogP contribution in [0, 0.1) is 6.92 Å². The summed E-state index contributed by atoms with van der Waals surface area (Å²) in [6, 6.07) is 5.49. The first-order valence-corrected chi connectivity index (χ1v) is 5.19. The Hall–Kier alpha value is -1.71. The maximum Gasteiger partial charge on any atom is 0.305 e. The quantitative estimate of drug-likeness (QED) is 0.470. The normalized spacial score (nSPS) is 9.88. The molecule has 2 N–H and O–H groups in total. The summed E-state index contributed by atoms with van der Waals surface area (Å²) in [7, 11) is 1.38. The second kappa shape index (κ2) is 6.00. The number of benzene rings is 1. The summed E-state index contributed by atoms with van der Waals surface area (Å²) in [5.41, 5.74) is 7.34. The molecule has 0 aliphatic carbocycles. The molecule has 0 unspecified atom stereocenters. The lowest BCUT2D eigenvalue weighted by Gasteiger charge is -2.09. The van der Waals surface area contributed by atoms with E-state index in [4.69, 9.17) is 10.5 Å². The number of nitrogens with two attached hydrogens (primary N) is 1. The van der Waals surface area contributed by atoms with E-state index in [0.29, 0.717) is 19.4 Å². The van der Waals surface area contributed by atoms with E-state index in [-0.39, 0.29) is 5.97 Å². The minimum Gasteiger partial charge on any atom is -0.493 e. The fraction of sp³-hybridized carbons (Fsp3) is 0.417. The lowest BCUT2D eigenvalue weighted by atomic mass is 10.2. The van der Waals surface area contributed by atoms with Gasteiger partial charge in [0.2, 0.25) is 0 Å². The van der Waals surface area contributed by atoms with Gasteiger partial charge in [-0.2, -0.15) is 0 Å². The van der Waals surface area contributed by atoms with Gasteiger partial charge in [-0.25, -0.2) is 0 Å². The fourth-order valence-electron chi connectivity index (χ4n) is 1.34. The third kappa shape index (κ3) is 3.81. The minimum absolute atomic E-state index is 0.211. The second-order valence-corrected chi connectivity index (χ2v) is 3.55. The summed E-state index contributed by atoms with van der Waals surface area (Å²) in [4.78, 5) is 10.8. The van der Waals surface area contributed by atoms with Crippen molar-refractivity contribution in [2.45, 2.75) is 19.8 Å². The molecule has 0 aliphatic heterocycles. The Labute approximate surface area is 95.3 Å². The second-order valence-electron chi connectivity index (χ2n) is 3.55. The molecule has 1 aromatic carbocycles. The van der Waals surface area contributed by atoms with Gasteiger partial charge in [0, 0.05) is 12.1 Å². The van der Waals surface area contributed by atoms with Gasteiger partial charge in [0.15, 0.2) is 0 Å². The fourth-order valence-corrected chi connectivity index (χ4v) is 1.34. The number of rotatable bonds is 5. The van der Waals surface area contributed by atoms with Crippen LogP contribution in [0.15, 0.2) is 18.2 Å². The standard InChI is InChI=1S/C12H17NO3/c1-9-8-10(13)5-6-11(9)16-7-3-4-12(14)15-2/h5-6,8H,3-4,7,13H2,1-2H3. The van der Waals surface area contributed by atoms with E-state index in [1.807, 2.05) is 19.1 Å². The third-order valence-corrected chi connectivity index (χ3v) is 2.21. The van der Waals surface area contributed by atoms with Crippen molar-refractivity contribution in [3.63, 3.8) is 0 Å². The molecule has 1 rings (SSSR count). The number of esters is 1. The predicted octanol–water partition coefficient (Wildman–Crippen LogP) is 1.91. The van der Waals surface area contributed by atoms with Crippen LogP contribution in [0.4, 0.5) is 5.69 Å². The lowest BCUT2D eigenvalue weighted by Crippen LogP contribution is -2.05. The van der Waals surface area contributed by atoms with Crippen LogP contribution in [0.1, 0.15) is 18.4 Å². The van der Waals surface area contributed by atoms with Gasteiger partial charge in [-0.1, -0.05) is 0 Å². The molecule has 0 atom stereocenters. The van der Waals surface area contributed by atoms with Gasteiger partial charge in [0.05, 0.1) is 13.7 Å². The van der Waals surface area contributed by atoms with E-state index in [2.05, 4.69) is 4.74 Å². The van der Waals surface area contributed by atoms with E-state index in [1.165, 1.54) is 7.11 Å². The molecule has 0 bridgehead atoms. The van der Waals surface area contributed by atoms with Gasteiger partial charge in [-0.15, -0.1) is 0 Å². The highest BCUT2D eigenvalue weighted by Gasteiger charge is 2.02. The van der Waals surface area contributed by atoms with Crippen LogP contribution in [-0.2, 0) is 9.53 Å². The lowest BCUT2D eigenvalue weighted by molar-refractivity contribution is -0.140. The van der Waals surface area contributed by atoms with Gasteiger partial charge < -0.3 is 15.2 Å². The van der Waals surface area contributed by atoms with Crippen LogP contribution in [0.5, 0.6) is 5.75 Å². The molecule has 4 heteroatoms. The molecule has 1 aromatic rings. The molecular weight excluding hydrogens is 206 g/mol. The third-order valence-electron chi connectivity index (χ3n) is 2.21. The number of ether oxygens (including phenoxy) is 2. The Morgan fingerprint density at radius 2 is 2.19 bits per heavy atom. The maximum atomic E-state index is 10.8. The van der Waals surface area contributed by atoms with Crippen molar-refractivity contribution in [1.29, 1.82) is 0 Å². The van der Waals surface area contributed by atoms with Crippen molar-refractivity contribution in [1.82, 2.24) is 0 Å². The molecule has 0 heterocycles. The average molecular weight is 223 g/mol. The van der Waals surface area contributed by atoms with Gasteiger partial charge in [0.25, 0.3) is 0 Å². The van der Waals surface area contributed by atoms with Crippen molar-refractivity contribution in [2.75, 3.05) is 19.5 Å². The number of carbonyl (C=O) groups excluding carboxylic acids is 1. The van der Waals surface area contributed by atoms with Gasteiger partial charge in [-0.3, -0.25) is 4.79 Å². The van der Waals surface area contributed by atoms with E-state index in [1.54, 1.807) is 6.07 Å². The van der Waals surface area contributed by atoms with Crippen LogP contribution in [-0.4, -0.2) is 19.7 Å². The number of methoxy groups -OCH3 is 1. The van der Waals surface area contributed by atoms with Gasteiger partial charge in [0.1, 0.15) is 5.75 Å². The molecule has 0 fully saturated rings. The van der Waals surface area contributed by atoms with E-state index < -0.39 is 0 Å². The average Bonchev–Trinajstić information content (AvgIpc) is 2.26. The zero-order valence-corrected chi connectivity index (χ0v) is 9.66. The van der Waals surface area contributed by atoms with E-state index in [9.17, 15) is 4.79 Å². The number of anilines is 1. The number of nitrogen functional groups attached to an aromatic ring is 1. The van der Waals surface area contributed by atoms with Crippen molar-refractivity contribution in [3.05, 3.63) is 23.8 Å². The van der Waals surface area contributed by atoms with Crippen LogP contribution >= 0.6 is 0 Å². The van der Waals surface area contributed by atoms with Gasteiger partial charge >= 0.3 is 5.97 Å². The number of aryl methyl sites for hydroxylation is 1. The Balaban J connectivity index is 2.35. The number of hydrogen-bond donors (Lipinski definition) is 1. The topological polar surface area (TPSA) is 61.5 Å². The predicted molar refractivity (Wildman–Crippen MR) is 62.3 cm³/mol. The van der Waals surface area contributed by atoms with Crippen molar-refractivity contribution < 1.29 is 14.3 Å². The Morgan fingerprint density at radius 3 is 2.81 bits per heavy atom. The largest absolute Gasteiger partial charge is 0.493 e. The molecule has 0 aliphatic rings.